The fraction of sp³-hybridized carbons (Fsp3) is 0.462. The molecule has 3 aromatic rings. The monoisotopic (exact) mass is 763 g/mol. The molecule has 2 heterocycles. The predicted octanol–water partition coefficient (Wildman–Crippen LogP) is 4.01. The van der Waals surface area contributed by atoms with Gasteiger partial charge in [0.2, 0.25) is 0 Å². The SMILES string of the molecule is COC(=O)[C@@H]1OC(O)[C@H](OC(=O)C(C)(C)C)[C@@H](OCc2ccccc2)[C@@H]1O[C@H]1O[C@H](COC(=O)c2ccccc2)[C@@H](O)[C@H](OCc2ccccc2)[C@H]1N=[N+]=[N-]. The Morgan fingerprint density at radius 1 is 0.800 bits per heavy atom. The maximum Gasteiger partial charge on any atom is 0.338 e. The summed E-state index contributed by atoms with van der Waals surface area (Å²) in [7, 11) is 1.10. The van der Waals surface area contributed by atoms with Crippen molar-refractivity contribution >= 4 is 17.9 Å². The van der Waals surface area contributed by atoms with Crippen LogP contribution in [-0.4, -0.2) is 103 Å². The van der Waals surface area contributed by atoms with Crippen LogP contribution >= 0.6 is 0 Å². The minimum absolute atomic E-state index is 0.0413. The summed E-state index contributed by atoms with van der Waals surface area (Å²) in [6.07, 6.45) is -14.0. The number of hydrogen-bond acceptors (Lipinski definition) is 14. The van der Waals surface area contributed by atoms with Crippen LogP contribution in [0.1, 0.15) is 42.3 Å². The Morgan fingerprint density at radius 3 is 1.91 bits per heavy atom. The van der Waals surface area contributed by atoms with Crippen molar-refractivity contribution in [1.82, 2.24) is 0 Å². The summed E-state index contributed by atoms with van der Waals surface area (Å²) in [5.41, 5.74) is 10.4. The van der Waals surface area contributed by atoms with Crippen molar-refractivity contribution in [2.45, 2.75) is 95.3 Å². The number of aliphatic hydroxyl groups excluding tert-OH is 2. The molecule has 2 fully saturated rings. The van der Waals surface area contributed by atoms with E-state index in [2.05, 4.69) is 10.0 Å². The zero-order valence-corrected chi connectivity index (χ0v) is 30.8. The number of carbonyl (C=O) groups excluding carboxylic acids is 3. The first kappa shape index (κ1) is 41.3. The minimum Gasteiger partial charge on any atom is -0.467 e. The van der Waals surface area contributed by atoms with E-state index in [-0.39, 0.29) is 18.8 Å². The van der Waals surface area contributed by atoms with E-state index in [1.165, 1.54) is 0 Å². The van der Waals surface area contributed by atoms with Crippen LogP contribution in [-0.2, 0) is 60.7 Å². The molecule has 0 saturated carbocycles. The molecular weight excluding hydrogens is 718 g/mol. The van der Waals surface area contributed by atoms with Crippen LogP contribution in [0.4, 0.5) is 0 Å². The van der Waals surface area contributed by atoms with E-state index in [1.54, 1.807) is 99.6 Å². The van der Waals surface area contributed by atoms with E-state index < -0.39 is 91.3 Å². The Hall–Kier alpha value is -4.90. The molecule has 0 aromatic heterocycles. The molecule has 2 aliphatic rings. The second-order valence-electron chi connectivity index (χ2n) is 13.9. The minimum atomic E-state index is -1.88. The molecule has 294 valence electrons. The number of aliphatic hydroxyl groups is 2. The normalized spacial score (nSPS) is 28.0. The number of carbonyl (C=O) groups is 3. The van der Waals surface area contributed by atoms with Gasteiger partial charge in [-0.1, -0.05) is 84.0 Å². The number of hydrogen-bond donors (Lipinski definition) is 2. The molecule has 16 nitrogen and oxygen atoms in total. The first-order valence-corrected chi connectivity index (χ1v) is 17.6. The Balaban J connectivity index is 1.52. The Morgan fingerprint density at radius 2 is 1.36 bits per heavy atom. The van der Waals surface area contributed by atoms with Gasteiger partial charge in [0.15, 0.2) is 24.8 Å². The maximum absolute atomic E-state index is 13.3. The van der Waals surface area contributed by atoms with Gasteiger partial charge in [-0.3, -0.25) is 4.79 Å². The van der Waals surface area contributed by atoms with E-state index in [0.29, 0.717) is 5.56 Å². The summed E-state index contributed by atoms with van der Waals surface area (Å²) < 4.78 is 47.1. The van der Waals surface area contributed by atoms with Gasteiger partial charge >= 0.3 is 17.9 Å². The topological polar surface area (TPSA) is 214 Å². The maximum atomic E-state index is 13.3. The molecule has 16 heteroatoms. The van der Waals surface area contributed by atoms with Gasteiger partial charge in [-0.05, 0) is 49.6 Å². The van der Waals surface area contributed by atoms with Gasteiger partial charge < -0.3 is 48.1 Å². The highest BCUT2D eigenvalue weighted by atomic mass is 16.7. The fourth-order valence-corrected chi connectivity index (χ4v) is 5.93. The van der Waals surface area contributed by atoms with Crippen LogP contribution in [0.5, 0.6) is 0 Å². The van der Waals surface area contributed by atoms with Crippen LogP contribution in [0.3, 0.4) is 0 Å². The molecule has 5 rings (SSSR count). The molecule has 3 aromatic carbocycles. The number of esters is 3. The summed E-state index contributed by atoms with van der Waals surface area (Å²) in [6, 6.07) is 24.7. The highest BCUT2D eigenvalue weighted by Gasteiger charge is 2.56. The zero-order chi connectivity index (χ0) is 39.5. The smallest absolute Gasteiger partial charge is 0.338 e. The van der Waals surface area contributed by atoms with Crippen molar-refractivity contribution in [3.05, 3.63) is 118 Å². The van der Waals surface area contributed by atoms with Crippen molar-refractivity contribution in [3.8, 4) is 0 Å². The first-order valence-electron chi connectivity index (χ1n) is 17.6. The summed E-state index contributed by atoms with van der Waals surface area (Å²) in [5.74, 6) is -2.41. The first-order chi connectivity index (χ1) is 26.4. The number of nitrogens with zero attached hydrogens (tertiary/aromatic N) is 3. The van der Waals surface area contributed by atoms with Gasteiger partial charge in [-0.25, -0.2) is 9.59 Å². The number of ether oxygens (including phenoxy) is 8. The largest absolute Gasteiger partial charge is 0.467 e. The second kappa shape index (κ2) is 19.1. The van der Waals surface area contributed by atoms with E-state index in [0.717, 1.165) is 12.7 Å². The third-order valence-electron chi connectivity index (χ3n) is 8.88. The zero-order valence-electron chi connectivity index (χ0n) is 30.8. The standard InChI is InChI=1S/C39H45N3O13/c1-39(2,3)38(47)55-32-30(50-21-24-16-10-6-11-17-24)31(33(35(45)48-4)53-36(32)46)54-37-27(41-42-40)29(49-20-23-14-8-5-9-15-23)28(43)26(52-37)22-51-34(44)25-18-12-7-13-19-25/h5-19,26-33,36-37,43,46H,20-22H2,1-4H3/t26-,27-,28-,29-,30+,31+,32-,33-,36?,37-/m1/s1. The highest BCUT2D eigenvalue weighted by Crippen LogP contribution is 2.35. The molecule has 0 bridgehead atoms. The molecule has 55 heavy (non-hydrogen) atoms. The number of methoxy groups -OCH3 is 1. The van der Waals surface area contributed by atoms with Crippen molar-refractivity contribution in [1.29, 1.82) is 0 Å². The lowest BCUT2D eigenvalue weighted by atomic mass is 9.94. The molecule has 0 aliphatic carbocycles. The quantitative estimate of drug-likeness (QED) is 0.0782. The van der Waals surface area contributed by atoms with Crippen molar-refractivity contribution in [2.24, 2.45) is 10.5 Å². The van der Waals surface area contributed by atoms with E-state index in [9.17, 15) is 30.1 Å². The van der Waals surface area contributed by atoms with Gasteiger partial charge in [0.05, 0.1) is 37.4 Å². The summed E-state index contributed by atoms with van der Waals surface area (Å²) in [6.45, 7) is 4.21. The van der Waals surface area contributed by atoms with Gasteiger partial charge in [-0.15, -0.1) is 0 Å². The third kappa shape index (κ3) is 10.7. The molecule has 2 saturated heterocycles. The molecule has 10 atom stereocenters. The Kier molecular flexibility index (Phi) is 14.3. The van der Waals surface area contributed by atoms with Crippen LogP contribution in [0.25, 0.3) is 10.4 Å². The van der Waals surface area contributed by atoms with E-state index in [1.807, 2.05) is 12.1 Å². The molecular formula is C39H45N3O13. The van der Waals surface area contributed by atoms with E-state index >= 15 is 0 Å². The second-order valence-corrected chi connectivity index (χ2v) is 13.9. The average molecular weight is 764 g/mol. The Bertz CT molecular complexity index is 1750. The summed E-state index contributed by atoms with van der Waals surface area (Å²) in [4.78, 5) is 42.4. The number of rotatable bonds is 14. The number of benzene rings is 3. The average Bonchev–Trinajstić information content (AvgIpc) is 3.19. The molecule has 0 spiro atoms. The lowest BCUT2D eigenvalue weighted by Crippen LogP contribution is -2.66. The lowest BCUT2D eigenvalue weighted by molar-refractivity contribution is -0.342. The van der Waals surface area contributed by atoms with Crippen molar-refractivity contribution in [2.75, 3.05) is 13.7 Å². The number of azide groups is 1. The van der Waals surface area contributed by atoms with Gasteiger partial charge in [0.1, 0.15) is 37.1 Å². The van der Waals surface area contributed by atoms with Crippen LogP contribution < -0.4 is 0 Å². The molecule has 2 aliphatic heterocycles. The van der Waals surface area contributed by atoms with Gasteiger partial charge in [-0.2, -0.15) is 0 Å². The molecule has 2 N–H and O–H groups in total. The van der Waals surface area contributed by atoms with Crippen molar-refractivity contribution < 1.29 is 62.5 Å². The molecule has 0 amide bonds. The summed E-state index contributed by atoms with van der Waals surface area (Å²) >= 11 is 0. The van der Waals surface area contributed by atoms with Gasteiger partial charge in [0, 0.05) is 4.91 Å². The fourth-order valence-electron chi connectivity index (χ4n) is 5.93. The molecule has 0 radical (unpaired) electrons. The van der Waals surface area contributed by atoms with Gasteiger partial charge in [0.25, 0.3) is 0 Å². The van der Waals surface area contributed by atoms with Crippen molar-refractivity contribution in [3.63, 3.8) is 0 Å². The Labute approximate surface area is 317 Å². The third-order valence-corrected chi connectivity index (χ3v) is 8.88. The van der Waals surface area contributed by atoms with Crippen LogP contribution in [0, 0.1) is 5.41 Å². The van der Waals surface area contributed by atoms with Crippen LogP contribution in [0.2, 0.25) is 0 Å². The molecule has 1 unspecified atom stereocenters. The lowest BCUT2D eigenvalue weighted by Gasteiger charge is -2.47. The predicted molar refractivity (Wildman–Crippen MR) is 191 cm³/mol. The summed E-state index contributed by atoms with van der Waals surface area (Å²) in [5, 5.41) is 26.7. The van der Waals surface area contributed by atoms with Crippen LogP contribution in [0.15, 0.2) is 96.1 Å². The highest BCUT2D eigenvalue weighted by molar-refractivity contribution is 5.89. The van der Waals surface area contributed by atoms with E-state index in [4.69, 9.17) is 37.9 Å².